The Morgan fingerprint density at radius 1 is 1.53 bits per heavy atom. The Hall–Kier alpha value is -0.500. The van der Waals surface area contributed by atoms with Crippen molar-refractivity contribution in [2.24, 2.45) is 12.9 Å². The number of hydrazine groups is 1. The van der Waals surface area contributed by atoms with Crippen molar-refractivity contribution >= 4 is 15.9 Å². The van der Waals surface area contributed by atoms with Crippen LogP contribution in [0, 0.1) is 0 Å². The number of nitrogens with zero attached hydrogens (tertiary/aromatic N) is 3. The quantitative estimate of drug-likeness (QED) is 0.586. The van der Waals surface area contributed by atoms with E-state index in [9.17, 15) is 0 Å². The number of hydrogen-bond donors (Lipinski definition) is 2. The van der Waals surface area contributed by atoms with E-state index in [0.717, 1.165) is 18.5 Å². The van der Waals surface area contributed by atoms with Gasteiger partial charge in [0, 0.05) is 13.7 Å². The van der Waals surface area contributed by atoms with E-state index in [2.05, 4.69) is 38.6 Å². The van der Waals surface area contributed by atoms with Crippen LogP contribution in [0.3, 0.4) is 0 Å². The topological polar surface area (TPSA) is 78.0 Å². The van der Waals surface area contributed by atoms with Crippen molar-refractivity contribution in [3.63, 3.8) is 0 Å². The number of aromatic nitrogens is 3. The number of rotatable bonds is 7. The van der Waals surface area contributed by atoms with Crippen LogP contribution in [-0.2, 0) is 11.8 Å². The summed E-state index contributed by atoms with van der Waals surface area (Å²) in [6.07, 6.45) is 1.98. The zero-order valence-corrected chi connectivity index (χ0v) is 12.1. The number of hydrogen-bond acceptors (Lipinski definition) is 5. The zero-order chi connectivity index (χ0) is 12.8. The summed E-state index contributed by atoms with van der Waals surface area (Å²) in [6.45, 7) is 4.76. The number of nitrogens with two attached hydrogens (primary N) is 1. The molecule has 3 N–H and O–H groups in total. The first-order valence-corrected chi connectivity index (χ1v) is 6.57. The zero-order valence-electron chi connectivity index (χ0n) is 10.5. The van der Waals surface area contributed by atoms with Gasteiger partial charge in [0.2, 0.25) is 0 Å². The normalized spacial score (nSPS) is 14.9. The Balaban J connectivity index is 2.95. The summed E-state index contributed by atoms with van der Waals surface area (Å²) < 4.78 is 8.14. The largest absolute Gasteiger partial charge is 0.376 e. The van der Waals surface area contributed by atoms with Crippen LogP contribution in [-0.4, -0.2) is 27.7 Å². The lowest BCUT2D eigenvalue weighted by molar-refractivity contribution is 0.0254. The molecule has 0 radical (unpaired) electrons. The minimum Gasteiger partial charge on any atom is -0.376 e. The monoisotopic (exact) mass is 305 g/mol. The summed E-state index contributed by atoms with van der Waals surface area (Å²) in [5.41, 5.74) is 3.70. The minimum atomic E-state index is -0.121. The van der Waals surface area contributed by atoms with Gasteiger partial charge in [-0.15, -0.1) is 5.10 Å². The van der Waals surface area contributed by atoms with Gasteiger partial charge in [0.15, 0.2) is 4.60 Å². The molecule has 0 fully saturated rings. The van der Waals surface area contributed by atoms with Crippen molar-refractivity contribution in [1.82, 2.24) is 20.4 Å². The summed E-state index contributed by atoms with van der Waals surface area (Å²) in [6, 6.07) is -0.121. The predicted octanol–water partition coefficient (Wildman–Crippen LogP) is 1.29. The highest BCUT2D eigenvalue weighted by Gasteiger charge is 2.27. The summed E-state index contributed by atoms with van der Waals surface area (Å²) in [4.78, 5) is 0. The van der Waals surface area contributed by atoms with Crippen LogP contribution in [0.1, 0.15) is 38.4 Å². The second-order valence-electron chi connectivity index (χ2n) is 3.82. The highest BCUT2D eigenvalue weighted by molar-refractivity contribution is 9.10. The molecule has 6 nitrogen and oxygen atoms in total. The molecule has 0 aliphatic carbocycles. The molecule has 0 saturated carbocycles. The molecule has 0 bridgehead atoms. The molecule has 0 spiro atoms. The molecule has 0 aromatic carbocycles. The molecule has 0 saturated heterocycles. The standard InChI is InChI=1S/C10H20BrN5O/c1-4-6-7(17-5-2)8(13-12)9-10(11)14-15-16(9)3/h7-8,13H,4-6,12H2,1-3H3. The third-order valence-electron chi connectivity index (χ3n) is 2.63. The molecule has 7 heteroatoms. The lowest BCUT2D eigenvalue weighted by atomic mass is 10.0. The van der Waals surface area contributed by atoms with E-state index in [1.54, 1.807) is 4.68 Å². The van der Waals surface area contributed by atoms with Crippen molar-refractivity contribution in [3.8, 4) is 0 Å². The van der Waals surface area contributed by atoms with Gasteiger partial charge in [-0.2, -0.15) is 0 Å². The molecule has 1 rings (SSSR count). The fourth-order valence-corrected chi connectivity index (χ4v) is 2.45. The van der Waals surface area contributed by atoms with E-state index in [0.29, 0.717) is 11.2 Å². The van der Waals surface area contributed by atoms with Gasteiger partial charge in [0.05, 0.1) is 17.8 Å². The van der Waals surface area contributed by atoms with Gasteiger partial charge in [-0.1, -0.05) is 18.6 Å². The number of nitrogens with one attached hydrogen (secondary N) is 1. The molecule has 98 valence electrons. The first-order chi connectivity index (χ1) is 8.15. The predicted molar refractivity (Wildman–Crippen MR) is 69.1 cm³/mol. The Labute approximate surface area is 110 Å². The van der Waals surface area contributed by atoms with Crippen molar-refractivity contribution in [2.45, 2.75) is 38.8 Å². The smallest absolute Gasteiger partial charge is 0.153 e. The lowest BCUT2D eigenvalue weighted by Gasteiger charge is -2.26. The molecule has 17 heavy (non-hydrogen) atoms. The minimum absolute atomic E-state index is 0.0171. The van der Waals surface area contributed by atoms with Crippen LogP contribution in [0.15, 0.2) is 4.60 Å². The average Bonchev–Trinajstić information content (AvgIpc) is 2.62. The van der Waals surface area contributed by atoms with Crippen molar-refractivity contribution < 1.29 is 4.74 Å². The van der Waals surface area contributed by atoms with Crippen LogP contribution in [0.4, 0.5) is 0 Å². The Bertz CT molecular complexity index is 318. The van der Waals surface area contributed by atoms with Crippen molar-refractivity contribution in [1.29, 1.82) is 0 Å². The van der Waals surface area contributed by atoms with Crippen LogP contribution in [0.2, 0.25) is 0 Å². The average molecular weight is 306 g/mol. The van der Waals surface area contributed by atoms with Crippen LogP contribution < -0.4 is 11.3 Å². The number of aryl methyl sites for hydroxylation is 1. The molecule has 0 aliphatic rings. The maximum absolute atomic E-state index is 5.74. The van der Waals surface area contributed by atoms with Crippen LogP contribution in [0.25, 0.3) is 0 Å². The molecule has 1 aromatic rings. The highest BCUT2D eigenvalue weighted by Crippen LogP contribution is 2.26. The summed E-state index contributed by atoms with van der Waals surface area (Å²) in [7, 11) is 1.84. The third-order valence-corrected chi connectivity index (χ3v) is 3.19. The first kappa shape index (κ1) is 14.6. The van der Waals surface area contributed by atoms with Crippen LogP contribution in [0.5, 0.6) is 0 Å². The maximum Gasteiger partial charge on any atom is 0.153 e. The Morgan fingerprint density at radius 3 is 2.65 bits per heavy atom. The van der Waals surface area contributed by atoms with Gasteiger partial charge in [-0.25, -0.2) is 10.1 Å². The molecule has 2 unspecified atom stereocenters. The summed E-state index contributed by atoms with van der Waals surface area (Å²) in [5, 5.41) is 7.92. The van der Waals surface area contributed by atoms with Gasteiger partial charge >= 0.3 is 0 Å². The molecule has 0 aliphatic heterocycles. The van der Waals surface area contributed by atoms with E-state index in [4.69, 9.17) is 10.6 Å². The molecule has 1 aromatic heterocycles. The third kappa shape index (κ3) is 3.48. The molecule has 0 amide bonds. The van der Waals surface area contributed by atoms with Crippen molar-refractivity contribution in [2.75, 3.05) is 6.61 Å². The van der Waals surface area contributed by atoms with E-state index >= 15 is 0 Å². The van der Waals surface area contributed by atoms with E-state index < -0.39 is 0 Å². The van der Waals surface area contributed by atoms with Gasteiger partial charge in [0.25, 0.3) is 0 Å². The van der Waals surface area contributed by atoms with E-state index in [-0.39, 0.29) is 12.1 Å². The van der Waals surface area contributed by atoms with Gasteiger partial charge < -0.3 is 4.74 Å². The Kier molecular flexibility index (Phi) is 6.04. The fourth-order valence-electron chi connectivity index (χ4n) is 1.88. The number of halogens is 1. The van der Waals surface area contributed by atoms with Crippen LogP contribution >= 0.6 is 15.9 Å². The van der Waals surface area contributed by atoms with Gasteiger partial charge in [0.1, 0.15) is 0 Å². The highest BCUT2D eigenvalue weighted by atomic mass is 79.9. The summed E-state index contributed by atoms with van der Waals surface area (Å²) >= 11 is 3.38. The lowest BCUT2D eigenvalue weighted by Crippen LogP contribution is -2.39. The fraction of sp³-hybridized carbons (Fsp3) is 0.800. The number of ether oxygens (including phenoxy) is 1. The SMILES string of the molecule is CCCC(OCC)C(NN)c1c(Br)nnn1C. The van der Waals surface area contributed by atoms with E-state index in [1.165, 1.54) is 0 Å². The van der Waals surface area contributed by atoms with Crippen molar-refractivity contribution in [3.05, 3.63) is 10.3 Å². The first-order valence-electron chi connectivity index (χ1n) is 5.78. The maximum atomic E-state index is 5.74. The van der Waals surface area contributed by atoms with E-state index in [1.807, 2.05) is 14.0 Å². The molecular formula is C10H20BrN5O. The van der Waals surface area contributed by atoms with Gasteiger partial charge in [-0.3, -0.25) is 5.84 Å². The summed E-state index contributed by atoms with van der Waals surface area (Å²) in [5.74, 6) is 5.64. The molecular weight excluding hydrogens is 286 g/mol. The second-order valence-corrected chi connectivity index (χ2v) is 4.57. The Morgan fingerprint density at radius 2 is 2.24 bits per heavy atom. The molecule has 2 atom stereocenters. The molecule has 1 heterocycles. The second kappa shape index (κ2) is 7.05. The van der Waals surface area contributed by atoms with Gasteiger partial charge in [-0.05, 0) is 29.3 Å².